The van der Waals surface area contributed by atoms with Crippen molar-refractivity contribution in [2.45, 2.75) is 52.0 Å². The molecule has 0 bridgehead atoms. The molecule has 5 rings (SSSR count). The van der Waals surface area contributed by atoms with Crippen LogP contribution in [0.3, 0.4) is 0 Å². The van der Waals surface area contributed by atoms with Crippen LogP contribution in [-0.2, 0) is 6.42 Å². The van der Waals surface area contributed by atoms with E-state index in [0.29, 0.717) is 18.5 Å². The van der Waals surface area contributed by atoms with Crippen LogP contribution >= 0.6 is 0 Å². The summed E-state index contributed by atoms with van der Waals surface area (Å²) < 4.78 is 13.9. The van der Waals surface area contributed by atoms with Crippen LogP contribution in [0.4, 0.5) is 4.39 Å². The second kappa shape index (κ2) is 9.01. The Hall–Kier alpha value is -3.14. The first-order valence-corrected chi connectivity index (χ1v) is 12.1. The summed E-state index contributed by atoms with van der Waals surface area (Å²) in [6.45, 7) is 9.40. The van der Waals surface area contributed by atoms with Crippen molar-refractivity contribution in [1.29, 1.82) is 0 Å². The Morgan fingerprint density at radius 3 is 2.76 bits per heavy atom. The third-order valence-corrected chi connectivity index (χ3v) is 7.09. The third kappa shape index (κ3) is 4.39. The fraction of sp³-hybridized carbons (Fsp3) is 0.345. The molecule has 0 amide bonds. The van der Waals surface area contributed by atoms with Crippen LogP contribution < -0.4 is 5.32 Å². The first-order valence-electron chi connectivity index (χ1n) is 12.1. The van der Waals surface area contributed by atoms with E-state index in [4.69, 9.17) is 4.99 Å². The molecule has 170 valence electrons. The standard InChI is InChI=1S/C29H32FN3/c1-18(2)27-17-32-29(21-7-6-8-23(30)13-21)26(27)14-22-16-31-28-15-20(11-12-25(22)28)19(3)33-24-9-4-5-10-24/h6-8,11-13,15-16,18,24,31,33H,3-5,9-10,14,17H2,1-2H3. The van der Waals surface area contributed by atoms with E-state index in [1.165, 1.54) is 53.8 Å². The maximum absolute atomic E-state index is 13.9. The third-order valence-electron chi connectivity index (χ3n) is 7.09. The summed E-state index contributed by atoms with van der Waals surface area (Å²) in [6.07, 6.45) is 7.96. The summed E-state index contributed by atoms with van der Waals surface area (Å²) in [6, 6.07) is 13.9. The van der Waals surface area contributed by atoms with Gasteiger partial charge in [0.15, 0.2) is 0 Å². The predicted octanol–water partition coefficient (Wildman–Crippen LogP) is 6.81. The fourth-order valence-corrected chi connectivity index (χ4v) is 5.25. The van der Waals surface area contributed by atoms with Crippen molar-refractivity contribution in [3.05, 3.63) is 88.9 Å². The van der Waals surface area contributed by atoms with Crippen LogP contribution in [0.2, 0.25) is 0 Å². The minimum Gasteiger partial charge on any atom is -0.382 e. The van der Waals surface area contributed by atoms with Gasteiger partial charge in [0.25, 0.3) is 0 Å². The molecule has 0 saturated heterocycles. The normalized spacial score (nSPS) is 16.8. The number of rotatable bonds is 7. The zero-order chi connectivity index (χ0) is 22.9. The Morgan fingerprint density at radius 2 is 2.00 bits per heavy atom. The number of halogens is 1. The molecule has 1 saturated carbocycles. The van der Waals surface area contributed by atoms with Crippen molar-refractivity contribution in [3.8, 4) is 0 Å². The first kappa shape index (κ1) is 21.7. The number of aromatic nitrogens is 1. The molecule has 2 aromatic carbocycles. The summed E-state index contributed by atoms with van der Waals surface area (Å²) >= 11 is 0. The molecule has 3 aromatic rings. The zero-order valence-corrected chi connectivity index (χ0v) is 19.5. The van der Waals surface area contributed by atoms with Crippen molar-refractivity contribution in [1.82, 2.24) is 10.3 Å². The smallest absolute Gasteiger partial charge is 0.123 e. The lowest BCUT2D eigenvalue weighted by atomic mass is 9.89. The van der Waals surface area contributed by atoms with E-state index in [9.17, 15) is 4.39 Å². The molecule has 2 N–H and O–H groups in total. The van der Waals surface area contributed by atoms with Crippen LogP contribution in [0.25, 0.3) is 16.6 Å². The highest BCUT2D eigenvalue weighted by Crippen LogP contribution is 2.32. The van der Waals surface area contributed by atoms with Crippen LogP contribution in [0, 0.1) is 11.7 Å². The van der Waals surface area contributed by atoms with E-state index in [-0.39, 0.29) is 5.82 Å². The van der Waals surface area contributed by atoms with Crippen molar-refractivity contribution in [2.24, 2.45) is 10.9 Å². The molecular weight excluding hydrogens is 409 g/mol. The maximum Gasteiger partial charge on any atom is 0.123 e. The van der Waals surface area contributed by atoms with Gasteiger partial charge >= 0.3 is 0 Å². The van der Waals surface area contributed by atoms with Gasteiger partial charge in [-0.15, -0.1) is 0 Å². The summed E-state index contributed by atoms with van der Waals surface area (Å²) in [5.74, 6) is 0.176. The molecule has 0 radical (unpaired) electrons. The van der Waals surface area contributed by atoms with Gasteiger partial charge in [0.05, 0.1) is 12.3 Å². The number of fused-ring (bicyclic) bond motifs is 1. The van der Waals surface area contributed by atoms with Crippen molar-refractivity contribution >= 4 is 22.3 Å². The molecule has 3 nitrogen and oxygen atoms in total. The number of aliphatic imine (C=N–C) groups is 1. The molecule has 33 heavy (non-hydrogen) atoms. The maximum atomic E-state index is 13.9. The van der Waals surface area contributed by atoms with Crippen molar-refractivity contribution in [3.63, 3.8) is 0 Å². The molecule has 1 aromatic heterocycles. The van der Waals surface area contributed by atoms with Gasteiger partial charge < -0.3 is 10.3 Å². The minimum absolute atomic E-state index is 0.224. The highest BCUT2D eigenvalue weighted by atomic mass is 19.1. The van der Waals surface area contributed by atoms with Crippen LogP contribution in [0.15, 0.2) is 71.4 Å². The topological polar surface area (TPSA) is 40.2 Å². The lowest BCUT2D eigenvalue weighted by Crippen LogP contribution is -2.23. The molecule has 1 aliphatic carbocycles. The Kier molecular flexibility index (Phi) is 5.92. The molecular formula is C29H32FN3. The number of benzene rings is 2. The molecule has 0 spiro atoms. The number of hydrogen-bond donors (Lipinski definition) is 2. The Labute approximate surface area is 195 Å². The van der Waals surface area contributed by atoms with Gasteiger partial charge in [-0.2, -0.15) is 0 Å². The molecule has 0 atom stereocenters. The summed E-state index contributed by atoms with van der Waals surface area (Å²) in [7, 11) is 0. The van der Waals surface area contributed by atoms with E-state index in [0.717, 1.165) is 34.5 Å². The lowest BCUT2D eigenvalue weighted by Gasteiger charge is -2.16. The van der Waals surface area contributed by atoms with Gasteiger partial charge in [0.1, 0.15) is 5.82 Å². The van der Waals surface area contributed by atoms with E-state index in [1.807, 2.05) is 6.07 Å². The Morgan fingerprint density at radius 1 is 1.18 bits per heavy atom. The zero-order valence-electron chi connectivity index (χ0n) is 19.5. The SMILES string of the molecule is C=C(NC1CCCC1)c1ccc2c(CC3=C(C(C)C)CN=C3c3cccc(F)c3)c[nH]c2c1. The quantitative estimate of drug-likeness (QED) is 0.415. The lowest BCUT2D eigenvalue weighted by molar-refractivity contribution is 0.619. The molecule has 0 unspecified atom stereocenters. The van der Waals surface area contributed by atoms with Gasteiger partial charge in [-0.05, 0) is 59.2 Å². The highest BCUT2D eigenvalue weighted by Gasteiger charge is 2.24. The van der Waals surface area contributed by atoms with Gasteiger partial charge in [0.2, 0.25) is 0 Å². The Bertz CT molecular complexity index is 1250. The number of hydrogen-bond acceptors (Lipinski definition) is 2. The number of allylic oxidation sites excluding steroid dienone is 1. The van der Waals surface area contributed by atoms with Crippen LogP contribution in [0.1, 0.15) is 56.2 Å². The van der Waals surface area contributed by atoms with Crippen molar-refractivity contribution < 1.29 is 4.39 Å². The van der Waals surface area contributed by atoms with Gasteiger partial charge in [-0.1, -0.05) is 57.5 Å². The Balaban J connectivity index is 1.43. The van der Waals surface area contributed by atoms with E-state index < -0.39 is 0 Å². The molecule has 1 fully saturated rings. The summed E-state index contributed by atoms with van der Waals surface area (Å²) in [4.78, 5) is 8.29. The summed E-state index contributed by atoms with van der Waals surface area (Å²) in [5.41, 5.74) is 8.85. The van der Waals surface area contributed by atoms with E-state index >= 15 is 0 Å². The monoisotopic (exact) mass is 441 g/mol. The van der Waals surface area contributed by atoms with Crippen LogP contribution in [-0.4, -0.2) is 23.3 Å². The first-order chi connectivity index (χ1) is 16.0. The molecule has 2 heterocycles. The molecule has 2 aliphatic rings. The molecule has 4 heteroatoms. The number of aromatic amines is 1. The van der Waals surface area contributed by atoms with Gasteiger partial charge in [-0.25, -0.2) is 4.39 Å². The summed E-state index contributed by atoms with van der Waals surface area (Å²) in [5, 5.41) is 4.83. The van der Waals surface area contributed by atoms with E-state index in [2.05, 4.69) is 55.1 Å². The van der Waals surface area contributed by atoms with Crippen molar-refractivity contribution in [2.75, 3.05) is 6.54 Å². The van der Waals surface area contributed by atoms with Crippen LogP contribution in [0.5, 0.6) is 0 Å². The fourth-order valence-electron chi connectivity index (χ4n) is 5.25. The average molecular weight is 442 g/mol. The largest absolute Gasteiger partial charge is 0.382 e. The molecule has 1 aliphatic heterocycles. The second-order valence-corrected chi connectivity index (χ2v) is 9.69. The minimum atomic E-state index is -0.224. The van der Waals surface area contributed by atoms with Gasteiger partial charge in [-0.3, -0.25) is 4.99 Å². The van der Waals surface area contributed by atoms with Gasteiger partial charge in [0, 0.05) is 40.8 Å². The van der Waals surface area contributed by atoms with E-state index in [1.54, 1.807) is 12.1 Å². The highest BCUT2D eigenvalue weighted by molar-refractivity contribution is 6.15. The number of nitrogens with zero attached hydrogens (tertiary/aromatic N) is 1. The second-order valence-electron chi connectivity index (χ2n) is 9.69. The predicted molar refractivity (Wildman–Crippen MR) is 136 cm³/mol. The average Bonchev–Trinajstić information content (AvgIpc) is 3.54. The number of H-pyrrole nitrogens is 1. The number of nitrogens with one attached hydrogen (secondary N) is 2.